The van der Waals surface area contributed by atoms with Gasteiger partial charge >= 0.3 is 0 Å². The van der Waals surface area contributed by atoms with Crippen LogP contribution in [-0.2, 0) is 16.4 Å². The second-order valence-corrected chi connectivity index (χ2v) is 9.86. The quantitative estimate of drug-likeness (QED) is 0.359. The molecular formula is C19H23F3IN3O2S. The topological polar surface area (TPSA) is 61.4 Å². The molecule has 0 atom stereocenters. The van der Waals surface area contributed by atoms with Crippen molar-refractivity contribution in [3.63, 3.8) is 0 Å². The van der Waals surface area contributed by atoms with Crippen molar-refractivity contribution < 1.29 is 21.6 Å². The lowest BCUT2D eigenvalue weighted by molar-refractivity contribution is 0.402. The number of hydrogen-bond donors (Lipinski definition) is 2. The number of nitrogens with one attached hydrogen (secondary N) is 2. The molecule has 5 nitrogen and oxygen atoms in total. The van der Waals surface area contributed by atoms with Crippen LogP contribution in [0.1, 0.15) is 11.1 Å². The van der Waals surface area contributed by atoms with Crippen LogP contribution in [0.5, 0.6) is 0 Å². The van der Waals surface area contributed by atoms with E-state index in [-0.39, 0.29) is 35.5 Å². The van der Waals surface area contributed by atoms with E-state index in [0.717, 1.165) is 18.7 Å². The highest BCUT2D eigenvalue weighted by Gasteiger charge is 2.19. The smallest absolute Gasteiger partial charge is 0.233 e. The monoisotopic (exact) mass is 541 g/mol. The molecule has 0 unspecified atom stereocenters. The SMILES string of the molecule is CN(C)CCNCCS(=O)(=O)Nc1ccc(F)c(F)c1Cc1ccc(I)cc1F. The molecule has 0 aromatic heterocycles. The zero-order valence-electron chi connectivity index (χ0n) is 16.1. The Kier molecular flexibility index (Phi) is 8.73. The van der Waals surface area contributed by atoms with Crippen LogP contribution in [0.25, 0.3) is 0 Å². The summed E-state index contributed by atoms with van der Waals surface area (Å²) in [5, 5.41) is 3.00. The van der Waals surface area contributed by atoms with Gasteiger partial charge in [-0.05, 0) is 66.5 Å². The third-order valence-corrected chi connectivity index (χ3v) is 6.07. The summed E-state index contributed by atoms with van der Waals surface area (Å²) in [5.41, 5.74) is -0.204. The Bertz CT molecular complexity index is 956. The molecule has 0 aliphatic rings. The Balaban J connectivity index is 2.17. The van der Waals surface area contributed by atoms with Gasteiger partial charge in [-0.3, -0.25) is 4.72 Å². The normalized spacial score (nSPS) is 11.8. The molecule has 2 aromatic rings. The first-order valence-corrected chi connectivity index (χ1v) is 11.6. The largest absolute Gasteiger partial charge is 0.314 e. The number of sulfonamides is 1. The maximum atomic E-state index is 14.4. The number of nitrogens with zero attached hydrogens (tertiary/aromatic N) is 1. The summed E-state index contributed by atoms with van der Waals surface area (Å²) >= 11 is 1.94. The molecule has 160 valence electrons. The highest BCUT2D eigenvalue weighted by molar-refractivity contribution is 14.1. The number of benzene rings is 2. The fourth-order valence-electron chi connectivity index (χ4n) is 2.57. The number of rotatable bonds is 10. The van der Waals surface area contributed by atoms with Crippen molar-refractivity contribution in [3.05, 3.63) is 62.5 Å². The van der Waals surface area contributed by atoms with E-state index < -0.39 is 27.5 Å². The van der Waals surface area contributed by atoms with Crippen molar-refractivity contribution in [2.45, 2.75) is 6.42 Å². The average Bonchev–Trinajstić information content (AvgIpc) is 2.62. The standard InChI is InChI=1S/C19H23F3IN3O2S/c1-26(2)9-7-24-8-10-29(27,28)25-18-6-5-16(20)19(22)15(18)11-13-3-4-14(23)12-17(13)21/h3-6,12,24-25H,7-11H2,1-2H3. The Morgan fingerprint density at radius 3 is 2.41 bits per heavy atom. The van der Waals surface area contributed by atoms with Crippen molar-refractivity contribution in [1.82, 2.24) is 10.2 Å². The predicted octanol–water partition coefficient (Wildman–Crippen LogP) is 3.19. The van der Waals surface area contributed by atoms with Crippen LogP contribution in [-0.4, -0.2) is 52.8 Å². The summed E-state index contributed by atoms with van der Waals surface area (Å²) in [5.74, 6) is -3.14. The first-order chi connectivity index (χ1) is 13.6. The number of likely N-dealkylation sites (N-methyl/N-ethyl adjacent to an activating group) is 1. The van der Waals surface area contributed by atoms with Crippen molar-refractivity contribution >= 4 is 38.3 Å². The molecule has 0 heterocycles. The lowest BCUT2D eigenvalue weighted by Gasteiger charge is -2.15. The molecule has 0 saturated carbocycles. The predicted molar refractivity (Wildman–Crippen MR) is 117 cm³/mol. The summed E-state index contributed by atoms with van der Waals surface area (Å²) in [4.78, 5) is 1.96. The first kappa shape index (κ1) is 23.9. The van der Waals surface area contributed by atoms with Crippen LogP contribution in [0.3, 0.4) is 0 Å². The summed E-state index contributed by atoms with van der Waals surface area (Å²) in [6.45, 7) is 1.57. The lowest BCUT2D eigenvalue weighted by atomic mass is 10.0. The summed E-state index contributed by atoms with van der Waals surface area (Å²) in [7, 11) is 0.000897. The van der Waals surface area contributed by atoms with Gasteiger partial charge < -0.3 is 10.2 Å². The number of hydrogen-bond acceptors (Lipinski definition) is 4. The zero-order chi connectivity index (χ0) is 21.6. The summed E-state index contributed by atoms with van der Waals surface area (Å²) in [6, 6.07) is 6.37. The highest BCUT2D eigenvalue weighted by Crippen LogP contribution is 2.27. The van der Waals surface area contributed by atoms with E-state index in [0.29, 0.717) is 10.1 Å². The molecule has 0 saturated heterocycles. The fraction of sp³-hybridized carbons (Fsp3) is 0.368. The van der Waals surface area contributed by atoms with Crippen LogP contribution < -0.4 is 10.0 Å². The van der Waals surface area contributed by atoms with Crippen LogP contribution in [0.2, 0.25) is 0 Å². The van der Waals surface area contributed by atoms with Gasteiger partial charge in [0.05, 0.1) is 11.4 Å². The van der Waals surface area contributed by atoms with Gasteiger partial charge in [-0.25, -0.2) is 21.6 Å². The van der Waals surface area contributed by atoms with Crippen LogP contribution >= 0.6 is 22.6 Å². The Morgan fingerprint density at radius 1 is 1.03 bits per heavy atom. The Labute approximate surface area is 182 Å². The minimum Gasteiger partial charge on any atom is -0.314 e. The Hall–Kier alpha value is -1.37. The molecule has 0 radical (unpaired) electrons. The van der Waals surface area contributed by atoms with Crippen molar-refractivity contribution in [1.29, 1.82) is 0 Å². The molecule has 0 amide bonds. The first-order valence-electron chi connectivity index (χ1n) is 8.86. The van der Waals surface area contributed by atoms with Gasteiger partial charge in [-0.2, -0.15) is 0 Å². The molecule has 0 bridgehead atoms. The molecule has 2 N–H and O–H groups in total. The molecule has 10 heteroatoms. The zero-order valence-corrected chi connectivity index (χ0v) is 19.1. The van der Waals surface area contributed by atoms with E-state index in [2.05, 4.69) is 10.0 Å². The third kappa shape index (κ3) is 7.43. The van der Waals surface area contributed by atoms with Gasteiger partial charge in [0.15, 0.2) is 11.6 Å². The van der Waals surface area contributed by atoms with Crippen molar-refractivity contribution in [2.24, 2.45) is 0 Å². The molecule has 29 heavy (non-hydrogen) atoms. The van der Waals surface area contributed by atoms with Gasteiger partial charge in [-0.15, -0.1) is 0 Å². The maximum absolute atomic E-state index is 14.4. The lowest BCUT2D eigenvalue weighted by Crippen LogP contribution is -2.31. The Morgan fingerprint density at radius 2 is 1.76 bits per heavy atom. The van der Waals surface area contributed by atoms with E-state index in [1.807, 2.05) is 41.6 Å². The number of anilines is 1. The second kappa shape index (κ2) is 10.6. The van der Waals surface area contributed by atoms with Gasteiger partial charge in [0.25, 0.3) is 0 Å². The molecule has 0 spiro atoms. The van der Waals surface area contributed by atoms with Crippen molar-refractivity contribution in [2.75, 3.05) is 44.2 Å². The fourth-order valence-corrected chi connectivity index (χ4v) is 4.06. The molecule has 2 aromatic carbocycles. The maximum Gasteiger partial charge on any atom is 0.233 e. The average molecular weight is 541 g/mol. The molecular weight excluding hydrogens is 518 g/mol. The van der Waals surface area contributed by atoms with E-state index in [1.54, 1.807) is 6.07 Å². The van der Waals surface area contributed by atoms with E-state index >= 15 is 0 Å². The van der Waals surface area contributed by atoms with Gasteiger partial charge in [0, 0.05) is 35.2 Å². The molecule has 0 aliphatic heterocycles. The van der Waals surface area contributed by atoms with Crippen LogP contribution in [0.15, 0.2) is 30.3 Å². The van der Waals surface area contributed by atoms with Gasteiger partial charge in [0.2, 0.25) is 10.0 Å². The number of halogens is 4. The van der Waals surface area contributed by atoms with Crippen LogP contribution in [0, 0.1) is 21.0 Å². The van der Waals surface area contributed by atoms with E-state index in [4.69, 9.17) is 0 Å². The molecule has 0 aliphatic carbocycles. The van der Waals surface area contributed by atoms with Crippen molar-refractivity contribution in [3.8, 4) is 0 Å². The van der Waals surface area contributed by atoms with Gasteiger partial charge in [0.1, 0.15) is 5.82 Å². The molecule has 2 rings (SSSR count). The third-order valence-electron chi connectivity index (χ3n) is 4.13. The minimum absolute atomic E-state index is 0.102. The van der Waals surface area contributed by atoms with Gasteiger partial charge in [-0.1, -0.05) is 6.07 Å². The van der Waals surface area contributed by atoms with Crippen LogP contribution in [0.4, 0.5) is 18.9 Å². The highest BCUT2D eigenvalue weighted by atomic mass is 127. The van der Waals surface area contributed by atoms with E-state index in [9.17, 15) is 21.6 Å². The summed E-state index contributed by atoms with van der Waals surface area (Å²) in [6.07, 6.45) is -0.286. The minimum atomic E-state index is -3.81. The second-order valence-electron chi connectivity index (χ2n) is 6.77. The molecule has 0 fully saturated rings. The summed E-state index contributed by atoms with van der Waals surface area (Å²) < 4.78 is 70.0. The van der Waals surface area contributed by atoms with E-state index in [1.165, 1.54) is 12.1 Å².